The summed E-state index contributed by atoms with van der Waals surface area (Å²) >= 11 is 0. The Kier molecular flexibility index (Phi) is 10.0. The van der Waals surface area contributed by atoms with Gasteiger partial charge in [-0.15, -0.1) is 0 Å². The molecular weight excluding hydrogens is 528 g/mol. The summed E-state index contributed by atoms with van der Waals surface area (Å²) in [5.41, 5.74) is -0.351. The third kappa shape index (κ3) is 5.73. The second-order valence-corrected chi connectivity index (χ2v) is 12.9. The Morgan fingerprint density at radius 3 is 2.10 bits per heavy atom. The molecule has 42 heavy (non-hydrogen) atoms. The van der Waals surface area contributed by atoms with E-state index in [4.69, 9.17) is 9.47 Å². The Bertz CT molecular complexity index is 1360. The molecule has 2 bridgehead atoms. The monoisotopic (exact) mass is 574 g/mol. The topological polar surface area (TPSA) is 86.7 Å². The van der Waals surface area contributed by atoms with Crippen LogP contribution in [0.2, 0.25) is 0 Å². The largest absolute Gasteiger partial charge is 0.499 e. The van der Waals surface area contributed by atoms with E-state index in [9.17, 15) is 14.4 Å². The van der Waals surface area contributed by atoms with Crippen molar-refractivity contribution in [1.29, 1.82) is 0 Å². The molecule has 0 aromatic heterocycles. The lowest BCUT2D eigenvalue weighted by Crippen LogP contribution is -2.68. The van der Waals surface area contributed by atoms with Crippen molar-refractivity contribution in [3.63, 3.8) is 0 Å². The first-order chi connectivity index (χ1) is 19.7. The number of carbonyl (C=O) groups is 4. The van der Waals surface area contributed by atoms with Gasteiger partial charge in [0, 0.05) is 18.1 Å². The molecule has 3 atom stereocenters. The molecule has 2 aliphatic carbocycles. The highest BCUT2D eigenvalue weighted by atomic mass is 16.5. The smallest absolute Gasteiger partial charge is 0.302 e. The molecule has 0 N–H and O–H groups in total. The van der Waals surface area contributed by atoms with Crippen LogP contribution in [0.1, 0.15) is 91.4 Å². The number of benzene rings is 1. The lowest BCUT2D eigenvalue weighted by molar-refractivity contribution is -0.164. The predicted molar refractivity (Wildman–Crippen MR) is 165 cm³/mol. The number of rotatable bonds is 11. The molecule has 0 radical (unpaired) electrons. The fraction of sp³-hybridized carbons (Fsp3) is 0.500. The molecule has 0 spiro atoms. The van der Waals surface area contributed by atoms with Gasteiger partial charge in [0.1, 0.15) is 12.4 Å². The van der Waals surface area contributed by atoms with E-state index >= 15 is 4.79 Å². The maximum atomic E-state index is 15.1. The number of ether oxygens (including phenoxy) is 2. The molecule has 0 heterocycles. The molecule has 1 saturated carbocycles. The summed E-state index contributed by atoms with van der Waals surface area (Å²) in [6.07, 6.45) is 7.20. The number of methoxy groups -OCH3 is 1. The van der Waals surface area contributed by atoms with E-state index < -0.39 is 16.2 Å². The van der Waals surface area contributed by atoms with Crippen LogP contribution in [0.4, 0.5) is 0 Å². The zero-order valence-corrected chi connectivity index (χ0v) is 26.7. The number of hydrogen-bond donors (Lipinski definition) is 0. The SMILES string of the molecule is COC1=C(CC=C(C)C)C(=O)[C@@]2(CC=C(C)C)C[C@@H](C/C=C(\C)COC(C)=O)C(C)(C)[C@]1(C(=O)c1ccccc1)C2=O. The van der Waals surface area contributed by atoms with Crippen molar-refractivity contribution < 1.29 is 28.7 Å². The number of fused-ring (bicyclic) bond motifs is 2. The minimum absolute atomic E-state index is 0.160. The molecular formula is C36H46O6. The lowest BCUT2D eigenvalue weighted by atomic mass is 9.39. The maximum Gasteiger partial charge on any atom is 0.302 e. The molecule has 1 fully saturated rings. The molecule has 0 aliphatic heterocycles. The van der Waals surface area contributed by atoms with Crippen molar-refractivity contribution in [1.82, 2.24) is 0 Å². The van der Waals surface area contributed by atoms with Crippen molar-refractivity contribution in [2.24, 2.45) is 22.2 Å². The van der Waals surface area contributed by atoms with Gasteiger partial charge in [-0.05, 0) is 77.2 Å². The normalized spacial score (nSPS) is 25.1. The van der Waals surface area contributed by atoms with Crippen LogP contribution in [0.5, 0.6) is 0 Å². The van der Waals surface area contributed by atoms with Crippen molar-refractivity contribution >= 4 is 23.3 Å². The van der Waals surface area contributed by atoms with Crippen molar-refractivity contribution in [2.75, 3.05) is 13.7 Å². The van der Waals surface area contributed by atoms with Gasteiger partial charge in [-0.3, -0.25) is 19.2 Å². The lowest BCUT2D eigenvalue weighted by Gasteiger charge is -2.60. The molecule has 6 nitrogen and oxygen atoms in total. The number of ketones is 3. The van der Waals surface area contributed by atoms with E-state index in [0.717, 1.165) is 16.7 Å². The Labute approximate surface area is 250 Å². The Balaban J connectivity index is 2.41. The number of hydrogen-bond acceptors (Lipinski definition) is 6. The minimum atomic E-state index is -1.71. The first kappa shape index (κ1) is 33.0. The number of Topliss-reactive ketones (excluding diaryl/α,β-unsaturated/α-hetero) is 3. The molecule has 6 heteroatoms. The number of esters is 1. The Hall–Kier alpha value is -3.54. The fourth-order valence-electron chi connectivity index (χ4n) is 6.65. The molecule has 0 amide bonds. The molecule has 1 aromatic carbocycles. The highest BCUT2D eigenvalue weighted by Crippen LogP contribution is 2.67. The van der Waals surface area contributed by atoms with E-state index in [2.05, 4.69) is 0 Å². The second kappa shape index (κ2) is 12.8. The molecule has 3 rings (SSSR count). The first-order valence-electron chi connectivity index (χ1n) is 14.7. The summed E-state index contributed by atoms with van der Waals surface area (Å²) in [5, 5.41) is 0. The molecule has 2 aliphatic rings. The van der Waals surface area contributed by atoms with Crippen LogP contribution in [0, 0.1) is 22.2 Å². The summed E-state index contributed by atoms with van der Waals surface area (Å²) in [4.78, 5) is 56.1. The van der Waals surface area contributed by atoms with Crippen molar-refractivity contribution in [3.8, 4) is 0 Å². The van der Waals surface area contributed by atoms with Crippen LogP contribution in [-0.2, 0) is 23.9 Å². The van der Waals surface area contributed by atoms with E-state index in [1.54, 1.807) is 24.3 Å². The average molecular weight is 575 g/mol. The van der Waals surface area contributed by atoms with Gasteiger partial charge in [0.25, 0.3) is 0 Å². The molecule has 0 unspecified atom stereocenters. The highest BCUT2D eigenvalue weighted by molar-refractivity contribution is 6.30. The summed E-state index contributed by atoms with van der Waals surface area (Å²) < 4.78 is 11.2. The summed E-state index contributed by atoms with van der Waals surface area (Å²) in [6, 6.07) is 8.86. The third-order valence-electron chi connectivity index (χ3n) is 9.09. The van der Waals surface area contributed by atoms with Crippen LogP contribution in [0.15, 0.2) is 76.6 Å². The minimum Gasteiger partial charge on any atom is -0.499 e. The van der Waals surface area contributed by atoms with E-state index in [-0.39, 0.29) is 54.4 Å². The van der Waals surface area contributed by atoms with Gasteiger partial charge >= 0.3 is 5.97 Å². The Morgan fingerprint density at radius 1 is 0.929 bits per heavy atom. The van der Waals surface area contributed by atoms with Crippen molar-refractivity contribution in [3.05, 3.63) is 82.2 Å². The average Bonchev–Trinajstić information content (AvgIpc) is 2.93. The summed E-state index contributed by atoms with van der Waals surface area (Å²) in [7, 11) is 1.46. The van der Waals surface area contributed by atoms with Crippen LogP contribution >= 0.6 is 0 Å². The van der Waals surface area contributed by atoms with Gasteiger partial charge < -0.3 is 9.47 Å². The van der Waals surface area contributed by atoms with E-state index in [1.165, 1.54) is 14.0 Å². The van der Waals surface area contributed by atoms with Gasteiger partial charge in [-0.1, -0.05) is 73.6 Å². The van der Waals surface area contributed by atoms with Crippen LogP contribution in [-0.4, -0.2) is 37.0 Å². The van der Waals surface area contributed by atoms with Crippen LogP contribution in [0.25, 0.3) is 0 Å². The van der Waals surface area contributed by atoms with Gasteiger partial charge in [-0.25, -0.2) is 0 Å². The summed E-state index contributed by atoms with van der Waals surface area (Å²) in [6.45, 7) is 15.2. The number of carbonyl (C=O) groups excluding carboxylic acids is 4. The van der Waals surface area contributed by atoms with Crippen LogP contribution in [0.3, 0.4) is 0 Å². The molecule has 0 saturated heterocycles. The fourth-order valence-corrected chi connectivity index (χ4v) is 6.65. The standard InChI is InChI=1S/C36H46O6/c1-23(2)15-18-29-31(39)35(20-19-24(3)4)21-28(17-16-25(5)22-42-26(6)37)34(7,8)36(33(35)40,32(29)41-9)30(38)27-13-11-10-12-14-27/h10-16,19,28H,17-18,20-22H2,1-9H3/b25-16+/t28-,35-,36+/m1/s1. The first-order valence-corrected chi connectivity index (χ1v) is 14.7. The Morgan fingerprint density at radius 2 is 1.55 bits per heavy atom. The van der Waals surface area contributed by atoms with Crippen LogP contribution < -0.4 is 0 Å². The van der Waals surface area contributed by atoms with Gasteiger partial charge in [0.2, 0.25) is 0 Å². The zero-order valence-electron chi connectivity index (χ0n) is 26.7. The second-order valence-electron chi connectivity index (χ2n) is 12.9. The van der Waals surface area contributed by atoms with Gasteiger partial charge in [0.05, 0.1) is 12.5 Å². The molecule has 1 aromatic rings. The summed E-state index contributed by atoms with van der Waals surface area (Å²) in [5.74, 6) is -1.39. The maximum absolute atomic E-state index is 15.1. The van der Waals surface area contributed by atoms with Gasteiger partial charge in [0.15, 0.2) is 22.8 Å². The third-order valence-corrected chi connectivity index (χ3v) is 9.09. The number of allylic oxidation sites excluding steroid dienone is 7. The zero-order chi connectivity index (χ0) is 31.5. The van der Waals surface area contributed by atoms with Gasteiger partial charge in [-0.2, -0.15) is 0 Å². The quantitative estimate of drug-likeness (QED) is 0.117. The predicted octanol–water partition coefficient (Wildman–Crippen LogP) is 7.55. The van der Waals surface area contributed by atoms with E-state index in [1.807, 2.05) is 72.8 Å². The van der Waals surface area contributed by atoms with E-state index in [0.29, 0.717) is 24.0 Å². The highest BCUT2D eigenvalue weighted by Gasteiger charge is 2.74. The van der Waals surface area contributed by atoms with Crippen molar-refractivity contribution in [2.45, 2.75) is 81.1 Å². The molecule has 226 valence electrons.